The second kappa shape index (κ2) is 7.88. The van der Waals surface area contributed by atoms with Gasteiger partial charge in [-0.2, -0.15) is 0 Å². The molecule has 0 aromatic heterocycles. The average molecular weight is 328 g/mol. The summed E-state index contributed by atoms with van der Waals surface area (Å²) >= 11 is 3.58. The van der Waals surface area contributed by atoms with Crippen molar-refractivity contribution in [3.63, 3.8) is 0 Å². The van der Waals surface area contributed by atoms with E-state index in [1.807, 2.05) is 6.07 Å². The summed E-state index contributed by atoms with van der Waals surface area (Å²) in [7, 11) is 1.71. The Morgan fingerprint density at radius 3 is 2.89 bits per heavy atom. The van der Waals surface area contributed by atoms with Crippen molar-refractivity contribution in [2.45, 2.75) is 25.8 Å². The molecule has 0 aliphatic heterocycles. The van der Waals surface area contributed by atoms with Crippen LogP contribution in [0.25, 0.3) is 0 Å². The van der Waals surface area contributed by atoms with Crippen LogP contribution in [-0.4, -0.2) is 26.9 Å². The Morgan fingerprint density at radius 1 is 1.37 bits per heavy atom. The van der Waals surface area contributed by atoms with E-state index in [0.717, 1.165) is 42.4 Å². The van der Waals surface area contributed by atoms with Crippen molar-refractivity contribution >= 4 is 15.9 Å². The molecular weight excluding hydrogens is 306 g/mol. The lowest BCUT2D eigenvalue weighted by Gasteiger charge is -2.25. The Balaban J connectivity index is 1.82. The molecule has 0 saturated heterocycles. The topological polar surface area (TPSA) is 30.5 Å². The fourth-order valence-electron chi connectivity index (χ4n) is 2.05. The molecule has 0 spiro atoms. The molecule has 0 amide bonds. The van der Waals surface area contributed by atoms with Crippen LogP contribution in [0.1, 0.15) is 24.8 Å². The lowest BCUT2D eigenvalue weighted by atomic mass is 9.86. The second-order valence-electron chi connectivity index (χ2n) is 5.03. The van der Waals surface area contributed by atoms with Crippen LogP contribution in [0.4, 0.5) is 0 Å². The maximum atomic E-state index is 5.86. The van der Waals surface area contributed by atoms with Gasteiger partial charge in [0.15, 0.2) is 0 Å². The van der Waals surface area contributed by atoms with E-state index in [9.17, 15) is 0 Å². The number of benzene rings is 1. The smallest absolute Gasteiger partial charge is 0.119 e. The van der Waals surface area contributed by atoms with Crippen LogP contribution in [0.5, 0.6) is 5.75 Å². The van der Waals surface area contributed by atoms with Crippen molar-refractivity contribution in [1.29, 1.82) is 0 Å². The van der Waals surface area contributed by atoms with Gasteiger partial charge in [0.2, 0.25) is 0 Å². The number of halogens is 1. The standard InChI is InChI=1S/C15H22BrNO2/c1-18-8-7-17-10-13-9-14(5-6-15(13)16)19-11-12-3-2-4-12/h5-6,9,12,17H,2-4,7-8,10-11H2,1H3. The Hall–Kier alpha value is -0.580. The molecule has 1 aromatic rings. The maximum Gasteiger partial charge on any atom is 0.119 e. The van der Waals surface area contributed by atoms with Crippen LogP contribution in [0.15, 0.2) is 22.7 Å². The summed E-state index contributed by atoms with van der Waals surface area (Å²) in [5, 5.41) is 3.35. The maximum absolute atomic E-state index is 5.86. The normalized spacial score (nSPS) is 15.3. The van der Waals surface area contributed by atoms with Gasteiger partial charge in [0, 0.05) is 24.7 Å². The van der Waals surface area contributed by atoms with Crippen LogP contribution in [-0.2, 0) is 11.3 Å². The third-order valence-corrected chi connectivity index (χ3v) is 4.30. The Labute approximate surface area is 123 Å². The van der Waals surface area contributed by atoms with Crippen LogP contribution in [0.3, 0.4) is 0 Å². The lowest BCUT2D eigenvalue weighted by molar-refractivity contribution is 0.180. The predicted molar refractivity (Wildman–Crippen MR) is 80.6 cm³/mol. The van der Waals surface area contributed by atoms with Gasteiger partial charge in [-0.3, -0.25) is 0 Å². The molecular formula is C15H22BrNO2. The molecule has 0 bridgehead atoms. The summed E-state index contributed by atoms with van der Waals surface area (Å²) in [6.45, 7) is 3.27. The van der Waals surface area contributed by atoms with Gasteiger partial charge in [0.05, 0.1) is 13.2 Å². The monoisotopic (exact) mass is 327 g/mol. The quantitative estimate of drug-likeness (QED) is 0.742. The molecule has 1 aliphatic carbocycles. The minimum Gasteiger partial charge on any atom is -0.493 e. The van der Waals surface area contributed by atoms with Crippen LogP contribution >= 0.6 is 15.9 Å². The molecule has 0 unspecified atom stereocenters. The first kappa shape index (κ1) is 14.8. The third-order valence-electron chi connectivity index (χ3n) is 3.53. The minimum atomic E-state index is 0.732. The molecule has 1 saturated carbocycles. The zero-order valence-electron chi connectivity index (χ0n) is 11.5. The number of rotatable bonds is 8. The number of nitrogens with one attached hydrogen (secondary N) is 1. The zero-order chi connectivity index (χ0) is 13.5. The Kier molecular flexibility index (Phi) is 6.14. The van der Waals surface area contributed by atoms with Crippen LogP contribution in [0.2, 0.25) is 0 Å². The fraction of sp³-hybridized carbons (Fsp3) is 0.600. The summed E-state index contributed by atoms with van der Waals surface area (Å²) in [6, 6.07) is 6.20. The van der Waals surface area contributed by atoms with Crippen LogP contribution in [0, 0.1) is 5.92 Å². The van der Waals surface area contributed by atoms with Crippen molar-refractivity contribution in [2.75, 3.05) is 26.9 Å². The van der Waals surface area contributed by atoms with E-state index in [4.69, 9.17) is 9.47 Å². The van der Waals surface area contributed by atoms with E-state index >= 15 is 0 Å². The molecule has 4 heteroatoms. The average Bonchev–Trinajstić information content (AvgIpc) is 2.36. The van der Waals surface area contributed by atoms with Gasteiger partial charge < -0.3 is 14.8 Å². The molecule has 1 N–H and O–H groups in total. The van der Waals surface area contributed by atoms with E-state index in [1.165, 1.54) is 24.8 Å². The summed E-state index contributed by atoms with van der Waals surface area (Å²) < 4.78 is 12.0. The van der Waals surface area contributed by atoms with Crippen molar-refractivity contribution in [1.82, 2.24) is 5.32 Å². The van der Waals surface area contributed by atoms with Gasteiger partial charge >= 0.3 is 0 Å². The van der Waals surface area contributed by atoms with E-state index in [-0.39, 0.29) is 0 Å². The SMILES string of the molecule is COCCNCc1cc(OCC2CCC2)ccc1Br. The molecule has 1 fully saturated rings. The molecule has 1 aromatic carbocycles. The lowest BCUT2D eigenvalue weighted by Crippen LogP contribution is -2.20. The zero-order valence-corrected chi connectivity index (χ0v) is 13.0. The van der Waals surface area contributed by atoms with E-state index in [1.54, 1.807) is 7.11 Å². The highest BCUT2D eigenvalue weighted by molar-refractivity contribution is 9.10. The molecule has 1 aliphatic rings. The van der Waals surface area contributed by atoms with E-state index < -0.39 is 0 Å². The van der Waals surface area contributed by atoms with Gasteiger partial charge in [-0.05, 0) is 42.5 Å². The highest BCUT2D eigenvalue weighted by Crippen LogP contribution is 2.28. The number of ether oxygens (including phenoxy) is 2. The van der Waals surface area contributed by atoms with Gasteiger partial charge in [0.1, 0.15) is 5.75 Å². The molecule has 19 heavy (non-hydrogen) atoms. The molecule has 106 valence electrons. The highest BCUT2D eigenvalue weighted by Gasteiger charge is 2.17. The molecule has 0 heterocycles. The fourth-order valence-corrected chi connectivity index (χ4v) is 2.43. The van der Waals surface area contributed by atoms with Crippen molar-refractivity contribution < 1.29 is 9.47 Å². The number of methoxy groups -OCH3 is 1. The summed E-state index contributed by atoms with van der Waals surface area (Å²) in [6.07, 6.45) is 4.01. The third kappa shape index (κ3) is 4.79. The predicted octanol–water partition coefficient (Wildman–Crippen LogP) is 3.36. The van der Waals surface area contributed by atoms with Crippen LogP contribution < -0.4 is 10.1 Å². The van der Waals surface area contributed by atoms with Crippen molar-refractivity contribution in [3.05, 3.63) is 28.2 Å². The van der Waals surface area contributed by atoms with Gasteiger partial charge in [0.25, 0.3) is 0 Å². The molecule has 2 rings (SSSR count). The first-order chi connectivity index (χ1) is 9.29. The first-order valence-corrected chi connectivity index (χ1v) is 7.70. The summed E-state index contributed by atoms with van der Waals surface area (Å²) in [5.41, 5.74) is 1.22. The largest absolute Gasteiger partial charge is 0.493 e. The van der Waals surface area contributed by atoms with E-state index in [2.05, 4.69) is 33.4 Å². The minimum absolute atomic E-state index is 0.732. The number of hydrogen-bond acceptors (Lipinski definition) is 3. The van der Waals surface area contributed by atoms with Gasteiger partial charge in [-0.1, -0.05) is 22.4 Å². The molecule has 0 atom stereocenters. The first-order valence-electron chi connectivity index (χ1n) is 6.90. The van der Waals surface area contributed by atoms with E-state index in [0.29, 0.717) is 0 Å². The summed E-state index contributed by atoms with van der Waals surface area (Å²) in [5.74, 6) is 1.74. The number of hydrogen-bond donors (Lipinski definition) is 1. The highest BCUT2D eigenvalue weighted by atomic mass is 79.9. The second-order valence-corrected chi connectivity index (χ2v) is 5.89. The van der Waals surface area contributed by atoms with Gasteiger partial charge in [-0.15, -0.1) is 0 Å². The Morgan fingerprint density at radius 2 is 2.21 bits per heavy atom. The molecule has 3 nitrogen and oxygen atoms in total. The molecule has 0 radical (unpaired) electrons. The Bertz CT molecular complexity index is 394. The van der Waals surface area contributed by atoms with Gasteiger partial charge in [-0.25, -0.2) is 0 Å². The summed E-state index contributed by atoms with van der Waals surface area (Å²) in [4.78, 5) is 0. The van der Waals surface area contributed by atoms with Crippen molar-refractivity contribution in [3.8, 4) is 5.75 Å². The van der Waals surface area contributed by atoms with Crippen molar-refractivity contribution in [2.24, 2.45) is 5.92 Å².